The van der Waals surface area contributed by atoms with Crippen LogP contribution in [0.1, 0.15) is 297 Å². The van der Waals surface area contributed by atoms with Crippen LogP contribution in [0.5, 0.6) is 0 Å². The Bertz CT molecular complexity index is 2060. The number of hydrogen-bond acceptors (Lipinski definition) is 20. The number of amides is 2. The van der Waals surface area contributed by atoms with E-state index in [1.807, 2.05) is 0 Å². The maximum atomic E-state index is 13.5. The Labute approximate surface area is 587 Å². The van der Waals surface area contributed by atoms with E-state index in [0.29, 0.717) is 19.3 Å². The van der Waals surface area contributed by atoms with Crippen molar-refractivity contribution in [2.24, 2.45) is 0 Å². The molecule has 0 aromatic carbocycles. The summed E-state index contributed by atoms with van der Waals surface area (Å²) < 4.78 is 34.9. The van der Waals surface area contributed by atoms with E-state index in [9.17, 15) is 75.7 Å². The molecular weight excluding hydrogens is 1260 g/mol. The first kappa shape index (κ1) is 89.4. The lowest BCUT2D eigenvalue weighted by Crippen LogP contribution is -2.70. The maximum absolute atomic E-state index is 13.5. The van der Waals surface area contributed by atoms with Crippen LogP contribution in [0.4, 0.5) is 0 Å². The van der Waals surface area contributed by atoms with Crippen LogP contribution < -0.4 is 10.6 Å². The highest BCUT2D eigenvalue weighted by atomic mass is 16.8. The van der Waals surface area contributed by atoms with Gasteiger partial charge in [0.15, 0.2) is 12.6 Å². The minimum atomic E-state index is -3.08. The molecule has 0 aliphatic carbocycles. The molecule has 574 valence electrons. The highest BCUT2D eigenvalue weighted by Gasteiger charge is 2.60. The highest BCUT2D eigenvalue weighted by molar-refractivity contribution is 5.77. The van der Waals surface area contributed by atoms with Crippen LogP contribution in [0, 0.1) is 0 Å². The Kier molecular flexibility index (Phi) is 50.0. The molecule has 0 radical (unpaired) electrons. The summed E-state index contributed by atoms with van der Waals surface area (Å²) in [6.07, 6.45) is 29.1. The number of aliphatic hydroxyl groups is 11. The van der Waals surface area contributed by atoms with Gasteiger partial charge in [0.05, 0.1) is 50.7 Å². The molecule has 3 heterocycles. The standard InChI is InChI=1S/C75H138N2O21/c1-4-6-8-10-12-14-16-18-19-20-21-22-23-24-25-26-27-28-29-30-31-32-33-34-35-37-39-41-43-45-47-49-62(85)77-56(57(82)48-46-44-42-40-38-36-17-15-13-11-9-7-5-2)54-93-72-67(89)66(88)69(61(53-80)95-72)96-73-68(90)71(65(87)60(52-79)94-73)98-75(74(91)92)50-58(83)63(76-55(3)81)70(97-75)64(86)59(84)51-78/h21-22,24-25,56-61,63-73,78-80,82-84,86-90H,4-20,23,26-54H2,1-3H3,(H,76,81)(H,77,85)(H,91,92)/b22-21-,25-24-. The van der Waals surface area contributed by atoms with Crippen LogP contribution in [0.2, 0.25) is 0 Å². The molecule has 98 heavy (non-hydrogen) atoms. The fraction of sp³-hybridized carbons (Fsp3) is 0.907. The zero-order chi connectivity index (χ0) is 71.8. The van der Waals surface area contributed by atoms with Crippen molar-refractivity contribution in [2.45, 2.75) is 407 Å². The molecule has 14 N–H and O–H groups in total. The zero-order valence-electron chi connectivity index (χ0n) is 60.4. The molecule has 2 amide bonds. The van der Waals surface area contributed by atoms with E-state index >= 15 is 0 Å². The number of aliphatic hydroxyl groups excluding tert-OH is 11. The Morgan fingerprint density at radius 1 is 0.531 bits per heavy atom. The SMILES string of the molecule is CCCCCCCCCCC/C=C\C/C=C\CCCCCCCCCCCCCCCCCC(=O)NC(COC1OC(CO)C(OC2OC(CO)C(O)C(OC3(C(=O)O)CC(O)C(NC(C)=O)C(C(O)C(O)CO)O3)C2O)C(O)C1O)C(O)CCCCCCCCCCCCCCC. The van der Waals surface area contributed by atoms with Gasteiger partial charge in [-0.3, -0.25) is 9.59 Å². The predicted molar refractivity (Wildman–Crippen MR) is 375 cm³/mol. The lowest BCUT2D eigenvalue weighted by atomic mass is 9.88. The second-order valence-corrected chi connectivity index (χ2v) is 28.2. The molecule has 0 aromatic heterocycles. The average Bonchev–Trinajstić information content (AvgIpc) is 0.757. The summed E-state index contributed by atoms with van der Waals surface area (Å²) >= 11 is 0. The van der Waals surface area contributed by atoms with Crippen LogP contribution in [0.25, 0.3) is 0 Å². The summed E-state index contributed by atoms with van der Waals surface area (Å²) in [4.78, 5) is 38.6. The number of hydrogen-bond donors (Lipinski definition) is 14. The fourth-order valence-electron chi connectivity index (χ4n) is 13.5. The lowest BCUT2D eigenvalue weighted by Gasteiger charge is -2.50. The molecule has 0 spiro atoms. The van der Waals surface area contributed by atoms with E-state index in [1.165, 1.54) is 186 Å². The van der Waals surface area contributed by atoms with Gasteiger partial charge in [0.1, 0.15) is 67.1 Å². The van der Waals surface area contributed by atoms with Crippen molar-refractivity contribution in [3.05, 3.63) is 24.3 Å². The van der Waals surface area contributed by atoms with E-state index in [4.69, 9.17) is 28.4 Å². The van der Waals surface area contributed by atoms with Crippen LogP contribution in [-0.4, -0.2) is 215 Å². The van der Waals surface area contributed by atoms with Gasteiger partial charge in [-0.1, -0.05) is 256 Å². The normalized spacial score (nSPS) is 27.3. The molecule has 3 saturated heterocycles. The van der Waals surface area contributed by atoms with E-state index in [-0.39, 0.29) is 18.9 Å². The molecule has 3 fully saturated rings. The summed E-state index contributed by atoms with van der Waals surface area (Å²) in [5.74, 6) is -6.10. The van der Waals surface area contributed by atoms with Crippen molar-refractivity contribution < 1.29 is 104 Å². The first-order chi connectivity index (χ1) is 47.4. The van der Waals surface area contributed by atoms with Gasteiger partial charge >= 0.3 is 5.97 Å². The highest BCUT2D eigenvalue weighted by Crippen LogP contribution is 2.39. The van der Waals surface area contributed by atoms with Gasteiger partial charge in [-0.25, -0.2) is 4.79 Å². The van der Waals surface area contributed by atoms with Crippen molar-refractivity contribution >= 4 is 17.8 Å². The monoisotopic (exact) mass is 1400 g/mol. The predicted octanol–water partition coefficient (Wildman–Crippen LogP) is 9.18. The number of unbranched alkanes of at least 4 members (excludes halogenated alkanes) is 36. The van der Waals surface area contributed by atoms with Gasteiger partial charge in [-0.05, 0) is 44.9 Å². The number of ether oxygens (including phenoxy) is 6. The Balaban J connectivity index is 1.47. The Morgan fingerprint density at radius 3 is 1.43 bits per heavy atom. The van der Waals surface area contributed by atoms with Crippen molar-refractivity contribution in [1.29, 1.82) is 0 Å². The minimum absolute atomic E-state index is 0.224. The summed E-state index contributed by atoms with van der Waals surface area (Å²) in [7, 11) is 0. The quantitative estimate of drug-likeness (QED) is 0.0199. The Morgan fingerprint density at radius 2 is 0.980 bits per heavy atom. The number of carboxylic acids is 1. The molecule has 3 aliphatic rings. The van der Waals surface area contributed by atoms with Gasteiger partial charge in [0.2, 0.25) is 11.8 Å². The van der Waals surface area contributed by atoms with Crippen LogP contribution in [0.15, 0.2) is 24.3 Å². The molecule has 23 heteroatoms. The van der Waals surface area contributed by atoms with Crippen LogP contribution in [0.3, 0.4) is 0 Å². The lowest BCUT2D eigenvalue weighted by molar-refractivity contribution is -0.386. The van der Waals surface area contributed by atoms with E-state index in [1.54, 1.807) is 0 Å². The second-order valence-electron chi connectivity index (χ2n) is 28.2. The van der Waals surface area contributed by atoms with Gasteiger partial charge in [0, 0.05) is 19.8 Å². The number of rotatable bonds is 60. The first-order valence-electron chi connectivity index (χ1n) is 38.7. The van der Waals surface area contributed by atoms with Crippen molar-refractivity contribution in [2.75, 3.05) is 26.4 Å². The largest absolute Gasteiger partial charge is 0.477 e. The number of carboxylic acid groups (broad SMARTS) is 1. The molecule has 18 unspecified atom stereocenters. The number of carbonyl (C=O) groups is 3. The van der Waals surface area contributed by atoms with E-state index in [0.717, 1.165) is 64.7 Å². The topological polar surface area (TPSA) is 373 Å². The zero-order valence-corrected chi connectivity index (χ0v) is 60.4. The Hall–Kier alpha value is -2.79. The van der Waals surface area contributed by atoms with Crippen molar-refractivity contribution in [1.82, 2.24) is 10.6 Å². The minimum Gasteiger partial charge on any atom is -0.477 e. The molecule has 3 aliphatic heterocycles. The third-order valence-corrected chi connectivity index (χ3v) is 19.7. The summed E-state index contributed by atoms with van der Waals surface area (Å²) in [6.45, 7) is 2.22. The number of carbonyl (C=O) groups excluding carboxylic acids is 2. The van der Waals surface area contributed by atoms with Gasteiger partial charge in [-0.15, -0.1) is 0 Å². The summed E-state index contributed by atoms with van der Waals surface area (Å²) in [5, 5.41) is 136. The number of nitrogens with one attached hydrogen (secondary N) is 2. The molecule has 0 saturated carbocycles. The van der Waals surface area contributed by atoms with Gasteiger partial charge in [0.25, 0.3) is 5.79 Å². The maximum Gasteiger partial charge on any atom is 0.364 e. The number of aliphatic carboxylic acids is 1. The van der Waals surface area contributed by atoms with Gasteiger partial charge < -0.3 is 100 Å². The van der Waals surface area contributed by atoms with Crippen LogP contribution >= 0.6 is 0 Å². The van der Waals surface area contributed by atoms with Crippen molar-refractivity contribution in [3.8, 4) is 0 Å². The van der Waals surface area contributed by atoms with E-state index in [2.05, 4.69) is 48.8 Å². The molecular formula is C75H138N2O21. The molecule has 0 aromatic rings. The third-order valence-electron chi connectivity index (χ3n) is 19.7. The molecule has 0 bridgehead atoms. The molecule has 23 nitrogen and oxygen atoms in total. The van der Waals surface area contributed by atoms with Crippen LogP contribution in [-0.2, 0) is 42.8 Å². The fourth-order valence-corrected chi connectivity index (χ4v) is 13.5. The average molecular weight is 1400 g/mol. The van der Waals surface area contributed by atoms with E-state index < -0.39 is 148 Å². The second kappa shape index (κ2) is 54.8. The smallest absolute Gasteiger partial charge is 0.364 e. The molecule has 3 rings (SSSR count). The number of allylic oxidation sites excluding steroid dienone is 4. The third kappa shape index (κ3) is 35.6. The first-order valence-corrected chi connectivity index (χ1v) is 38.7. The summed E-state index contributed by atoms with van der Waals surface area (Å²) in [5.41, 5.74) is 0. The van der Waals surface area contributed by atoms with Crippen molar-refractivity contribution in [3.63, 3.8) is 0 Å². The summed E-state index contributed by atoms with van der Waals surface area (Å²) in [6, 6.07) is -2.53. The van der Waals surface area contributed by atoms with Gasteiger partial charge in [-0.2, -0.15) is 0 Å². The molecule has 18 atom stereocenters.